The summed E-state index contributed by atoms with van der Waals surface area (Å²) < 4.78 is 5.42. The average molecular weight is 345 g/mol. The second kappa shape index (κ2) is 8.76. The van der Waals surface area contributed by atoms with Crippen LogP contribution in [0.15, 0.2) is 36.4 Å². The van der Waals surface area contributed by atoms with Gasteiger partial charge < -0.3 is 10.1 Å². The molecule has 128 valence electrons. The number of hydrogen-bond acceptors (Lipinski definition) is 4. The van der Waals surface area contributed by atoms with Gasteiger partial charge in [0.15, 0.2) is 5.78 Å². The molecule has 0 radical (unpaired) electrons. The van der Waals surface area contributed by atoms with Crippen LogP contribution in [-0.2, 0) is 9.53 Å². The van der Waals surface area contributed by atoms with Crippen molar-refractivity contribution in [3.63, 3.8) is 0 Å². The lowest BCUT2D eigenvalue weighted by Gasteiger charge is -2.16. The number of amides is 1. The van der Waals surface area contributed by atoms with Crippen LogP contribution in [0.4, 0.5) is 0 Å². The molecule has 1 atom stereocenters. The van der Waals surface area contributed by atoms with Crippen LogP contribution >= 0.6 is 11.3 Å². The van der Waals surface area contributed by atoms with Crippen LogP contribution in [0.1, 0.15) is 44.6 Å². The van der Waals surface area contributed by atoms with Gasteiger partial charge in [0.25, 0.3) is 0 Å². The highest BCUT2D eigenvalue weighted by Crippen LogP contribution is 2.22. The van der Waals surface area contributed by atoms with Gasteiger partial charge in [0, 0.05) is 41.8 Å². The summed E-state index contributed by atoms with van der Waals surface area (Å²) in [6, 6.07) is 11.6. The number of Topliss-reactive ketones (excluding diaryl/α,β-unsaturated/α-hetero) is 1. The summed E-state index contributed by atoms with van der Waals surface area (Å²) >= 11 is 1.61. The van der Waals surface area contributed by atoms with Gasteiger partial charge in [-0.2, -0.15) is 0 Å². The largest absolute Gasteiger partial charge is 0.375 e. The van der Waals surface area contributed by atoms with E-state index in [9.17, 15) is 9.59 Å². The number of rotatable bonds is 8. The first-order chi connectivity index (χ1) is 11.5. The third kappa shape index (κ3) is 5.01. The van der Waals surface area contributed by atoms with E-state index in [2.05, 4.69) is 5.32 Å². The molecule has 0 spiro atoms. The summed E-state index contributed by atoms with van der Waals surface area (Å²) in [6.45, 7) is 4.31. The van der Waals surface area contributed by atoms with Gasteiger partial charge in [0.1, 0.15) is 0 Å². The van der Waals surface area contributed by atoms with Crippen LogP contribution < -0.4 is 5.32 Å². The molecule has 2 rings (SSSR count). The van der Waals surface area contributed by atoms with Gasteiger partial charge in [0.2, 0.25) is 5.91 Å². The SMILES string of the molecule is COC(CNC(=O)CCC(=O)c1cc(C)sc1C)c1ccccc1. The Labute approximate surface area is 146 Å². The van der Waals surface area contributed by atoms with Gasteiger partial charge in [-0.05, 0) is 25.5 Å². The molecular formula is C19H23NO3S. The Morgan fingerprint density at radius 2 is 1.88 bits per heavy atom. The molecule has 5 heteroatoms. The van der Waals surface area contributed by atoms with E-state index < -0.39 is 0 Å². The van der Waals surface area contributed by atoms with Gasteiger partial charge in [-0.25, -0.2) is 0 Å². The summed E-state index contributed by atoms with van der Waals surface area (Å²) in [4.78, 5) is 26.3. The third-order valence-electron chi connectivity index (χ3n) is 3.86. The Hall–Kier alpha value is -1.98. The second-order valence-electron chi connectivity index (χ2n) is 5.69. The predicted molar refractivity (Wildman–Crippen MR) is 96.6 cm³/mol. The highest BCUT2D eigenvalue weighted by molar-refractivity contribution is 7.12. The van der Waals surface area contributed by atoms with Crippen molar-refractivity contribution in [2.75, 3.05) is 13.7 Å². The number of thiophene rings is 1. The van der Waals surface area contributed by atoms with Crippen molar-refractivity contribution in [3.05, 3.63) is 57.3 Å². The molecule has 1 aromatic heterocycles. The van der Waals surface area contributed by atoms with Crippen molar-refractivity contribution in [1.82, 2.24) is 5.32 Å². The lowest BCUT2D eigenvalue weighted by molar-refractivity contribution is -0.121. The van der Waals surface area contributed by atoms with E-state index in [1.165, 1.54) is 0 Å². The van der Waals surface area contributed by atoms with Crippen LogP contribution in [0, 0.1) is 13.8 Å². The number of methoxy groups -OCH3 is 1. The van der Waals surface area contributed by atoms with Gasteiger partial charge in [-0.15, -0.1) is 11.3 Å². The molecule has 0 saturated heterocycles. The Morgan fingerprint density at radius 1 is 1.17 bits per heavy atom. The van der Waals surface area contributed by atoms with Crippen molar-refractivity contribution in [2.45, 2.75) is 32.8 Å². The molecule has 0 aliphatic carbocycles. The molecule has 0 bridgehead atoms. The second-order valence-corrected chi connectivity index (χ2v) is 7.15. The summed E-state index contributed by atoms with van der Waals surface area (Å²) in [7, 11) is 1.62. The fourth-order valence-electron chi connectivity index (χ4n) is 2.57. The number of ether oxygens (including phenoxy) is 1. The summed E-state index contributed by atoms with van der Waals surface area (Å²) in [5.41, 5.74) is 1.75. The van der Waals surface area contributed by atoms with E-state index in [-0.39, 0.29) is 30.6 Å². The standard InChI is InChI=1S/C19H23NO3S/c1-13-11-16(14(2)24-13)17(21)9-10-19(22)20-12-18(23-3)15-7-5-4-6-8-15/h4-8,11,18H,9-10,12H2,1-3H3,(H,20,22). The number of nitrogens with one attached hydrogen (secondary N) is 1. The minimum absolute atomic E-state index is 0.0263. The van der Waals surface area contributed by atoms with Crippen LogP contribution in [-0.4, -0.2) is 25.3 Å². The van der Waals surface area contributed by atoms with Crippen molar-refractivity contribution in [2.24, 2.45) is 0 Å². The fraction of sp³-hybridized carbons (Fsp3) is 0.368. The van der Waals surface area contributed by atoms with Crippen LogP contribution in [0.25, 0.3) is 0 Å². The van der Waals surface area contributed by atoms with E-state index in [1.807, 2.05) is 50.2 Å². The van der Waals surface area contributed by atoms with Crippen LogP contribution in [0.5, 0.6) is 0 Å². The highest BCUT2D eigenvalue weighted by atomic mass is 32.1. The zero-order chi connectivity index (χ0) is 17.5. The molecule has 1 amide bonds. The number of carbonyl (C=O) groups excluding carboxylic acids is 2. The number of carbonyl (C=O) groups is 2. The first kappa shape index (κ1) is 18.4. The van der Waals surface area contributed by atoms with Crippen molar-refractivity contribution >= 4 is 23.0 Å². The lowest BCUT2D eigenvalue weighted by Crippen LogP contribution is -2.29. The molecule has 1 unspecified atom stereocenters. The Morgan fingerprint density at radius 3 is 2.46 bits per heavy atom. The summed E-state index contributed by atoms with van der Waals surface area (Å²) in [5, 5.41) is 2.85. The molecule has 0 saturated carbocycles. The molecule has 2 aromatic rings. The van der Waals surface area contributed by atoms with E-state index in [0.29, 0.717) is 6.54 Å². The number of benzene rings is 1. The van der Waals surface area contributed by atoms with E-state index in [1.54, 1.807) is 18.4 Å². The summed E-state index contributed by atoms with van der Waals surface area (Å²) in [5.74, 6) is -0.107. The maximum atomic E-state index is 12.2. The molecule has 24 heavy (non-hydrogen) atoms. The monoisotopic (exact) mass is 345 g/mol. The minimum Gasteiger partial charge on any atom is -0.375 e. The first-order valence-corrected chi connectivity index (χ1v) is 8.77. The average Bonchev–Trinajstić information content (AvgIpc) is 2.92. The molecule has 4 nitrogen and oxygen atoms in total. The van der Waals surface area contributed by atoms with Crippen molar-refractivity contribution < 1.29 is 14.3 Å². The number of hydrogen-bond donors (Lipinski definition) is 1. The highest BCUT2D eigenvalue weighted by Gasteiger charge is 2.15. The fourth-order valence-corrected chi connectivity index (χ4v) is 3.51. The Bertz CT molecular complexity index is 694. The maximum absolute atomic E-state index is 12.2. The van der Waals surface area contributed by atoms with E-state index in [4.69, 9.17) is 4.74 Å². The van der Waals surface area contributed by atoms with Gasteiger partial charge in [-0.3, -0.25) is 9.59 Å². The first-order valence-electron chi connectivity index (χ1n) is 7.96. The Balaban J connectivity index is 1.81. The molecule has 0 aliphatic rings. The lowest BCUT2D eigenvalue weighted by atomic mass is 10.1. The van der Waals surface area contributed by atoms with Gasteiger partial charge in [-0.1, -0.05) is 30.3 Å². The van der Waals surface area contributed by atoms with E-state index >= 15 is 0 Å². The maximum Gasteiger partial charge on any atom is 0.220 e. The molecule has 0 fully saturated rings. The predicted octanol–water partition coefficient (Wildman–Crippen LogP) is 3.83. The zero-order valence-electron chi connectivity index (χ0n) is 14.3. The molecule has 1 N–H and O–H groups in total. The van der Waals surface area contributed by atoms with Crippen molar-refractivity contribution in [3.8, 4) is 0 Å². The normalized spacial score (nSPS) is 12.0. The molecule has 1 aromatic carbocycles. The molecular weight excluding hydrogens is 322 g/mol. The van der Waals surface area contributed by atoms with Crippen LogP contribution in [0.3, 0.4) is 0 Å². The molecule has 1 heterocycles. The number of aryl methyl sites for hydroxylation is 2. The van der Waals surface area contributed by atoms with Gasteiger partial charge >= 0.3 is 0 Å². The quantitative estimate of drug-likeness (QED) is 0.740. The topological polar surface area (TPSA) is 55.4 Å². The Kier molecular flexibility index (Phi) is 6.70. The van der Waals surface area contributed by atoms with Crippen LogP contribution in [0.2, 0.25) is 0 Å². The smallest absolute Gasteiger partial charge is 0.220 e. The third-order valence-corrected chi connectivity index (χ3v) is 4.83. The van der Waals surface area contributed by atoms with Crippen molar-refractivity contribution in [1.29, 1.82) is 0 Å². The molecule has 0 aliphatic heterocycles. The zero-order valence-corrected chi connectivity index (χ0v) is 15.1. The van der Waals surface area contributed by atoms with E-state index in [0.717, 1.165) is 20.9 Å². The van der Waals surface area contributed by atoms with Gasteiger partial charge in [0.05, 0.1) is 6.10 Å². The number of ketones is 1. The minimum atomic E-state index is -0.187. The summed E-state index contributed by atoms with van der Waals surface area (Å²) in [6.07, 6.45) is 0.233.